The zero-order valence-electron chi connectivity index (χ0n) is 10.8. The van der Waals surface area contributed by atoms with Crippen LogP contribution in [0.2, 0.25) is 0 Å². The van der Waals surface area contributed by atoms with Gasteiger partial charge in [-0.3, -0.25) is 4.79 Å². The van der Waals surface area contributed by atoms with Gasteiger partial charge in [-0.1, -0.05) is 0 Å². The summed E-state index contributed by atoms with van der Waals surface area (Å²) in [5.41, 5.74) is -0.539. The maximum Gasteiger partial charge on any atom is 0.249 e. The molecule has 1 N–H and O–H groups in total. The molecule has 1 saturated carbocycles. The molecule has 1 aromatic rings. The molecule has 0 radical (unpaired) electrons. The number of nitrogens with zero attached hydrogens (tertiary/aromatic N) is 1. The summed E-state index contributed by atoms with van der Waals surface area (Å²) in [5.74, 6) is -11.4. The number of alkyl halides is 2. The maximum absolute atomic E-state index is 13.3. The standard InChI is InChI=1S/C12H7Cl2F5N2O/c1-11(3-12(11,13)14)10(22)21-20-2-4-5(15)7(17)9(19)8(18)6(4)16/h2H,3H2,1H3,(H,21,22)/b20-2-/t11-/m0/s1. The third kappa shape index (κ3) is 2.54. The fourth-order valence-corrected chi connectivity index (χ4v) is 2.37. The molecule has 1 fully saturated rings. The van der Waals surface area contributed by atoms with E-state index < -0.39 is 50.3 Å². The molecule has 0 unspecified atom stereocenters. The summed E-state index contributed by atoms with van der Waals surface area (Å²) < 4.78 is 64.1. The van der Waals surface area contributed by atoms with Crippen LogP contribution in [0.3, 0.4) is 0 Å². The van der Waals surface area contributed by atoms with E-state index in [1.54, 1.807) is 0 Å². The van der Waals surface area contributed by atoms with Crippen molar-refractivity contribution in [3.05, 3.63) is 34.6 Å². The Balaban J connectivity index is 2.20. The first-order valence-corrected chi connectivity index (χ1v) is 6.51. The molecule has 0 aromatic heterocycles. The summed E-state index contributed by atoms with van der Waals surface area (Å²) in [5, 5.41) is 3.17. The second kappa shape index (κ2) is 5.34. The first-order valence-electron chi connectivity index (χ1n) is 5.75. The number of hydrogen-bond donors (Lipinski definition) is 1. The number of halogens is 7. The minimum absolute atomic E-state index is 0.132. The monoisotopic (exact) mass is 360 g/mol. The number of amides is 1. The van der Waals surface area contributed by atoms with E-state index in [0.717, 1.165) is 0 Å². The van der Waals surface area contributed by atoms with E-state index in [-0.39, 0.29) is 6.42 Å². The number of hydrogen-bond acceptors (Lipinski definition) is 2. The van der Waals surface area contributed by atoms with E-state index in [0.29, 0.717) is 6.21 Å². The second-order valence-electron chi connectivity index (χ2n) is 4.90. The average molecular weight is 361 g/mol. The minimum atomic E-state index is -2.28. The summed E-state index contributed by atoms with van der Waals surface area (Å²) in [7, 11) is 0. The highest BCUT2D eigenvalue weighted by Crippen LogP contribution is 2.63. The number of benzene rings is 1. The Morgan fingerprint density at radius 3 is 1.91 bits per heavy atom. The molecule has 1 atom stereocenters. The van der Waals surface area contributed by atoms with E-state index in [4.69, 9.17) is 23.2 Å². The topological polar surface area (TPSA) is 41.5 Å². The molecule has 3 nitrogen and oxygen atoms in total. The molecular weight excluding hydrogens is 354 g/mol. The molecule has 120 valence electrons. The Morgan fingerprint density at radius 2 is 1.50 bits per heavy atom. The zero-order chi connectivity index (χ0) is 16.9. The molecule has 0 bridgehead atoms. The van der Waals surface area contributed by atoms with Crippen molar-refractivity contribution in [3.63, 3.8) is 0 Å². The molecule has 2 rings (SSSR count). The zero-order valence-corrected chi connectivity index (χ0v) is 12.3. The van der Waals surface area contributed by atoms with Gasteiger partial charge in [0.1, 0.15) is 4.33 Å². The van der Waals surface area contributed by atoms with Crippen LogP contribution < -0.4 is 5.43 Å². The number of carbonyl (C=O) groups excluding carboxylic acids is 1. The SMILES string of the molecule is C[C@@]1(C(=O)N/N=C\c2c(F)c(F)c(F)c(F)c2F)CC1(Cl)Cl. The van der Waals surface area contributed by atoms with Gasteiger partial charge in [0.25, 0.3) is 0 Å². The highest BCUT2D eigenvalue weighted by molar-refractivity contribution is 6.53. The Kier molecular flexibility index (Phi) is 4.12. The van der Waals surface area contributed by atoms with Gasteiger partial charge in [-0.05, 0) is 13.3 Å². The van der Waals surface area contributed by atoms with Crippen molar-refractivity contribution in [2.24, 2.45) is 10.5 Å². The molecule has 1 aliphatic rings. The van der Waals surface area contributed by atoms with Crippen molar-refractivity contribution in [3.8, 4) is 0 Å². The van der Waals surface area contributed by atoms with Gasteiger partial charge in [-0.25, -0.2) is 27.4 Å². The van der Waals surface area contributed by atoms with E-state index in [1.807, 2.05) is 5.43 Å². The van der Waals surface area contributed by atoms with E-state index in [2.05, 4.69) is 5.10 Å². The highest BCUT2D eigenvalue weighted by Gasteiger charge is 2.68. The normalized spacial score (nSPS) is 22.9. The summed E-state index contributed by atoms with van der Waals surface area (Å²) in [6.07, 6.45) is 0.442. The van der Waals surface area contributed by atoms with Gasteiger partial charge in [-0.15, -0.1) is 23.2 Å². The van der Waals surface area contributed by atoms with Crippen molar-refractivity contribution < 1.29 is 26.7 Å². The van der Waals surface area contributed by atoms with Gasteiger partial charge >= 0.3 is 0 Å². The van der Waals surface area contributed by atoms with Crippen LogP contribution >= 0.6 is 23.2 Å². The van der Waals surface area contributed by atoms with Crippen LogP contribution in [-0.2, 0) is 4.79 Å². The average Bonchev–Trinajstić information content (AvgIpc) is 2.98. The van der Waals surface area contributed by atoms with Gasteiger partial charge in [0, 0.05) is 0 Å². The molecule has 1 aromatic carbocycles. The van der Waals surface area contributed by atoms with Crippen LogP contribution in [0.5, 0.6) is 0 Å². The van der Waals surface area contributed by atoms with Crippen LogP contribution in [0.15, 0.2) is 5.10 Å². The predicted octanol–water partition coefficient (Wildman–Crippen LogP) is 3.42. The van der Waals surface area contributed by atoms with Crippen molar-refractivity contribution in [2.45, 2.75) is 17.7 Å². The number of nitrogens with one attached hydrogen (secondary N) is 1. The highest BCUT2D eigenvalue weighted by atomic mass is 35.5. The lowest BCUT2D eigenvalue weighted by Crippen LogP contribution is -2.29. The van der Waals surface area contributed by atoms with Crippen molar-refractivity contribution in [1.82, 2.24) is 5.43 Å². The predicted molar refractivity (Wildman–Crippen MR) is 69.1 cm³/mol. The third-order valence-electron chi connectivity index (χ3n) is 3.36. The summed E-state index contributed by atoms with van der Waals surface area (Å²) >= 11 is 11.5. The van der Waals surface area contributed by atoms with Crippen molar-refractivity contribution in [2.75, 3.05) is 0 Å². The van der Waals surface area contributed by atoms with Crippen LogP contribution in [0.4, 0.5) is 22.0 Å². The molecular formula is C12H7Cl2F5N2O. The lowest BCUT2D eigenvalue weighted by molar-refractivity contribution is -0.125. The van der Waals surface area contributed by atoms with Crippen LogP contribution in [0.1, 0.15) is 18.9 Å². The molecule has 1 aliphatic carbocycles. The van der Waals surface area contributed by atoms with Gasteiger partial charge < -0.3 is 0 Å². The first-order chi connectivity index (χ1) is 10.0. The Labute approximate surface area is 131 Å². The van der Waals surface area contributed by atoms with Crippen LogP contribution in [-0.4, -0.2) is 16.5 Å². The Bertz CT molecular complexity index is 666. The fraction of sp³-hybridized carbons (Fsp3) is 0.333. The fourth-order valence-electron chi connectivity index (χ4n) is 1.66. The minimum Gasteiger partial charge on any atom is -0.272 e. The summed E-state index contributed by atoms with van der Waals surface area (Å²) in [6.45, 7) is 1.43. The van der Waals surface area contributed by atoms with Gasteiger partial charge in [0.2, 0.25) is 11.7 Å². The van der Waals surface area contributed by atoms with Crippen molar-refractivity contribution in [1.29, 1.82) is 0 Å². The molecule has 0 saturated heterocycles. The first kappa shape index (κ1) is 17.0. The van der Waals surface area contributed by atoms with Crippen molar-refractivity contribution >= 4 is 35.3 Å². The van der Waals surface area contributed by atoms with Gasteiger partial charge in [0.05, 0.1) is 17.2 Å². The lowest BCUT2D eigenvalue weighted by atomic mass is 10.1. The van der Waals surface area contributed by atoms with E-state index in [1.165, 1.54) is 6.92 Å². The number of hydrazone groups is 1. The van der Waals surface area contributed by atoms with Crippen LogP contribution in [0, 0.1) is 34.5 Å². The Hall–Kier alpha value is -1.41. The number of carbonyl (C=O) groups is 1. The van der Waals surface area contributed by atoms with Gasteiger partial charge in [-0.2, -0.15) is 5.10 Å². The van der Waals surface area contributed by atoms with E-state index in [9.17, 15) is 26.7 Å². The van der Waals surface area contributed by atoms with E-state index >= 15 is 0 Å². The number of rotatable bonds is 3. The third-order valence-corrected chi connectivity index (χ3v) is 4.46. The van der Waals surface area contributed by atoms with Crippen LogP contribution in [0.25, 0.3) is 0 Å². The molecule has 0 spiro atoms. The summed E-state index contributed by atoms with van der Waals surface area (Å²) in [6, 6.07) is 0. The quantitative estimate of drug-likeness (QED) is 0.220. The molecule has 22 heavy (non-hydrogen) atoms. The summed E-state index contributed by atoms with van der Waals surface area (Å²) in [4.78, 5) is 11.7. The Morgan fingerprint density at radius 1 is 1.09 bits per heavy atom. The molecule has 10 heteroatoms. The largest absolute Gasteiger partial charge is 0.272 e. The van der Waals surface area contributed by atoms with Gasteiger partial charge in [0.15, 0.2) is 23.3 Å². The molecule has 0 aliphatic heterocycles. The molecule has 1 amide bonds. The molecule has 0 heterocycles. The smallest absolute Gasteiger partial charge is 0.249 e. The lowest BCUT2D eigenvalue weighted by Gasteiger charge is -2.09. The second-order valence-corrected chi connectivity index (χ2v) is 6.38. The maximum atomic E-state index is 13.3.